The fraction of sp³-hybridized carbons (Fsp3) is 0.111. The normalized spacial score (nSPS) is 9.00. The van der Waals surface area contributed by atoms with E-state index in [1.54, 1.807) is 0 Å². The molecule has 0 fully saturated rings. The van der Waals surface area contributed by atoms with Gasteiger partial charge in [0, 0.05) is 0 Å². The Bertz CT molecular complexity index is 382. The molecule has 0 aliphatic rings. The van der Waals surface area contributed by atoms with Gasteiger partial charge in [-0.1, -0.05) is 0 Å². The van der Waals surface area contributed by atoms with Gasteiger partial charge in [-0.05, 0) is 18.1 Å². The number of rotatable bonds is 1. The molecule has 0 radical (unpaired) electrons. The van der Waals surface area contributed by atoms with Crippen LogP contribution in [0.1, 0.15) is 16.2 Å². The molecule has 0 N–H and O–H groups in total. The molecule has 0 spiro atoms. The van der Waals surface area contributed by atoms with E-state index < -0.39 is 11.8 Å². The molecule has 0 saturated carbocycles. The smallest absolute Gasteiger partial charge is 0.356 e. The fourth-order valence-electron chi connectivity index (χ4n) is 0.762. The Kier molecular flexibility index (Phi) is 2.60. The molecule has 13 heavy (non-hydrogen) atoms. The van der Waals surface area contributed by atoms with Gasteiger partial charge in [0.05, 0.1) is 7.11 Å². The molecule has 3 nitrogen and oxygen atoms in total. The second-order valence-electron chi connectivity index (χ2n) is 2.16. The summed E-state index contributed by atoms with van der Waals surface area (Å²) in [6, 6.07) is 2.29. The molecule has 0 amide bonds. The minimum atomic E-state index is -0.642. The third-order valence-corrected chi connectivity index (χ3v) is 1.38. The van der Waals surface area contributed by atoms with Gasteiger partial charge < -0.3 is 4.74 Å². The van der Waals surface area contributed by atoms with E-state index in [0.29, 0.717) is 0 Å². The lowest BCUT2D eigenvalue weighted by Gasteiger charge is -1.98. The predicted octanol–water partition coefficient (Wildman–Crippen LogP) is 0.989. The molecule has 1 heterocycles. The average Bonchev–Trinajstić information content (AvgIpc) is 2.17. The maximum absolute atomic E-state index is 12.8. The molecule has 0 aromatic carbocycles. The number of halogens is 1. The van der Waals surface area contributed by atoms with Crippen molar-refractivity contribution in [3.63, 3.8) is 0 Å². The standard InChI is InChI=1S/C9H6FNO2/c1-3-7-6(10)4-5-8(11-7)9(12)13-2/h1,4-5H,2H3. The van der Waals surface area contributed by atoms with Crippen LogP contribution < -0.4 is 0 Å². The molecule has 0 unspecified atom stereocenters. The zero-order valence-corrected chi connectivity index (χ0v) is 6.87. The number of ether oxygens (including phenoxy) is 1. The Hall–Kier alpha value is -1.89. The van der Waals surface area contributed by atoms with E-state index in [1.807, 2.05) is 5.92 Å². The molecule has 1 rings (SSSR count). The van der Waals surface area contributed by atoms with E-state index in [2.05, 4.69) is 9.72 Å². The summed E-state index contributed by atoms with van der Waals surface area (Å²) < 4.78 is 17.2. The number of nitrogens with zero attached hydrogens (tertiary/aromatic N) is 1. The van der Waals surface area contributed by atoms with Crippen molar-refractivity contribution in [3.05, 3.63) is 29.3 Å². The Morgan fingerprint density at radius 1 is 1.69 bits per heavy atom. The first-order valence-electron chi connectivity index (χ1n) is 3.40. The van der Waals surface area contributed by atoms with Gasteiger partial charge in [0.2, 0.25) is 0 Å². The Balaban J connectivity index is 3.15. The van der Waals surface area contributed by atoms with Crippen molar-refractivity contribution < 1.29 is 13.9 Å². The molecule has 0 aliphatic heterocycles. The second-order valence-corrected chi connectivity index (χ2v) is 2.16. The molecule has 1 aromatic rings. The van der Waals surface area contributed by atoms with E-state index in [-0.39, 0.29) is 11.4 Å². The number of aromatic nitrogens is 1. The summed E-state index contributed by atoms with van der Waals surface area (Å²) in [7, 11) is 1.21. The Morgan fingerprint density at radius 3 is 2.92 bits per heavy atom. The van der Waals surface area contributed by atoms with Gasteiger partial charge in [0.15, 0.2) is 5.82 Å². The quantitative estimate of drug-likeness (QED) is 0.476. The van der Waals surface area contributed by atoms with Gasteiger partial charge in [0.25, 0.3) is 0 Å². The van der Waals surface area contributed by atoms with Crippen LogP contribution in [0.15, 0.2) is 12.1 Å². The van der Waals surface area contributed by atoms with Crippen molar-refractivity contribution in [3.8, 4) is 12.3 Å². The summed E-state index contributed by atoms with van der Waals surface area (Å²) in [5, 5.41) is 0. The van der Waals surface area contributed by atoms with Gasteiger partial charge in [-0.25, -0.2) is 14.2 Å². The molecule has 0 bridgehead atoms. The van der Waals surface area contributed by atoms with Crippen LogP contribution in [0.25, 0.3) is 0 Å². The lowest BCUT2D eigenvalue weighted by atomic mass is 10.3. The highest BCUT2D eigenvalue weighted by molar-refractivity contribution is 5.87. The first-order valence-corrected chi connectivity index (χ1v) is 3.40. The summed E-state index contributed by atoms with van der Waals surface area (Å²) in [4.78, 5) is 14.5. The van der Waals surface area contributed by atoms with Gasteiger partial charge in [0.1, 0.15) is 11.4 Å². The van der Waals surface area contributed by atoms with E-state index in [4.69, 9.17) is 6.42 Å². The van der Waals surface area contributed by atoms with E-state index in [1.165, 1.54) is 13.2 Å². The van der Waals surface area contributed by atoms with E-state index in [0.717, 1.165) is 6.07 Å². The predicted molar refractivity (Wildman–Crippen MR) is 43.5 cm³/mol. The number of hydrogen-bond donors (Lipinski definition) is 0. The van der Waals surface area contributed by atoms with Gasteiger partial charge in [-0.15, -0.1) is 6.42 Å². The fourth-order valence-corrected chi connectivity index (χ4v) is 0.762. The van der Waals surface area contributed by atoms with Gasteiger partial charge in [-0.2, -0.15) is 0 Å². The second kappa shape index (κ2) is 3.68. The molecular weight excluding hydrogens is 173 g/mol. The molecule has 0 aliphatic carbocycles. The lowest BCUT2D eigenvalue weighted by molar-refractivity contribution is 0.0594. The SMILES string of the molecule is C#Cc1nc(C(=O)OC)ccc1F. The molecular formula is C9H6FNO2. The number of methoxy groups -OCH3 is 1. The maximum atomic E-state index is 12.8. The molecule has 66 valence electrons. The third kappa shape index (κ3) is 1.82. The van der Waals surface area contributed by atoms with Gasteiger partial charge in [-0.3, -0.25) is 0 Å². The summed E-state index contributed by atoms with van der Waals surface area (Å²) in [6.07, 6.45) is 4.96. The number of pyridine rings is 1. The van der Waals surface area contributed by atoms with E-state index >= 15 is 0 Å². The minimum absolute atomic E-state index is 0.00292. The van der Waals surface area contributed by atoms with Crippen LogP contribution >= 0.6 is 0 Å². The highest BCUT2D eigenvalue weighted by atomic mass is 19.1. The van der Waals surface area contributed by atoms with Crippen molar-refractivity contribution >= 4 is 5.97 Å². The molecule has 0 atom stereocenters. The van der Waals surface area contributed by atoms with Crippen molar-refractivity contribution in [2.75, 3.05) is 7.11 Å². The van der Waals surface area contributed by atoms with E-state index in [9.17, 15) is 9.18 Å². The number of hydrogen-bond acceptors (Lipinski definition) is 3. The number of carbonyl (C=O) groups excluding carboxylic acids is 1. The third-order valence-electron chi connectivity index (χ3n) is 1.38. The average molecular weight is 179 g/mol. The zero-order valence-electron chi connectivity index (χ0n) is 6.87. The largest absolute Gasteiger partial charge is 0.464 e. The van der Waals surface area contributed by atoms with Crippen LogP contribution in [-0.2, 0) is 4.74 Å². The van der Waals surface area contributed by atoms with Crippen LogP contribution in [0.4, 0.5) is 4.39 Å². The van der Waals surface area contributed by atoms with Crippen LogP contribution in [0, 0.1) is 18.2 Å². The first-order chi connectivity index (χ1) is 6.19. The maximum Gasteiger partial charge on any atom is 0.356 e. The number of terminal acetylenes is 1. The molecule has 1 aromatic heterocycles. The topological polar surface area (TPSA) is 39.2 Å². The molecule has 0 saturated heterocycles. The monoisotopic (exact) mass is 179 g/mol. The highest BCUT2D eigenvalue weighted by Gasteiger charge is 2.09. The van der Waals surface area contributed by atoms with Crippen molar-refractivity contribution in [1.82, 2.24) is 4.98 Å². The Labute approximate surface area is 74.6 Å². The number of carbonyl (C=O) groups is 1. The van der Waals surface area contributed by atoms with Crippen molar-refractivity contribution in [1.29, 1.82) is 0 Å². The summed E-state index contributed by atoms with van der Waals surface area (Å²) in [5.41, 5.74) is -0.195. The Morgan fingerprint density at radius 2 is 2.38 bits per heavy atom. The summed E-state index contributed by atoms with van der Waals surface area (Å²) >= 11 is 0. The first kappa shape index (κ1) is 9.20. The highest BCUT2D eigenvalue weighted by Crippen LogP contribution is 2.05. The van der Waals surface area contributed by atoms with Crippen LogP contribution in [0.2, 0.25) is 0 Å². The van der Waals surface area contributed by atoms with Crippen molar-refractivity contribution in [2.24, 2.45) is 0 Å². The molecule has 4 heteroatoms. The van der Waals surface area contributed by atoms with Crippen LogP contribution in [-0.4, -0.2) is 18.1 Å². The van der Waals surface area contributed by atoms with Crippen LogP contribution in [0.3, 0.4) is 0 Å². The van der Waals surface area contributed by atoms with Crippen LogP contribution in [0.5, 0.6) is 0 Å². The summed E-state index contributed by atoms with van der Waals surface area (Å²) in [6.45, 7) is 0. The number of esters is 1. The minimum Gasteiger partial charge on any atom is -0.464 e. The van der Waals surface area contributed by atoms with Gasteiger partial charge >= 0.3 is 5.97 Å². The zero-order chi connectivity index (χ0) is 9.84. The lowest BCUT2D eigenvalue weighted by Crippen LogP contribution is -2.06. The summed E-state index contributed by atoms with van der Waals surface area (Å²) in [5.74, 6) is 0.749. The van der Waals surface area contributed by atoms with Crippen molar-refractivity contribution in [2.45, 2.75) is 0 Å².